The molecule has 1 heterocycles. The fraction of sp³-hybridized carbons (Fsp3) is 0.391. The predicted molar refractivity (Wildman–Crippen MR) is 127 cm³/mol. The van der Waals surface area contributed by atoms with Crippen molar-refractivity contribution in [3.63, 3.8) is 0 Å². The second-order valence-electron chi connectivity index (χ2n) is 8.20. The number of nitrogens with one attached hydrogen (secondary N) is 1. The van der Waals surface area contributed by atoms with Gasteiger partial charge in [0.25, 0.3) is 0 Å². The van der Waals surface area contributed by atoms with Crippen LogP contribution in [-0.4, -0.2) is 51.3 Å². The zero-order valence-corrected chi connectivity index (χ0v) is 20.6. The van der Waals surface area contributed by atoms with Gasteiger partial charge in [-0.25, -0.2) is 8.42 Å². The lowest BCUT2D eigenvalue weighted by Gasteiger charge is -2.21. The van der Waals surface area contributed by atoms with Gasteiger partial charge in [0.15, 0.2) is 0 Å². The number of carbonyl (C=O) groups is 2. The van der Waals surface area contributed by atoms with Crippen LogP contribution >= 0.6 is 11.6 Å². The summed E-state index contributed by atoms with van der Waals surface area (Å²) in [5.74, 6) is -0.435. The molecule has 1 fully saturated rings. The SMILES string of the molecule is COc1ccc(Cl)cc1N1CC(C(=O)NCc2ccc(S(=O)(=O)N(C)C(C)C)cc2)CC1=O. The van der Waals surface area contributed by atoms with E-state index in [-0.39, 0.29) is 42.3 Å². The minimum absolute atomic E-state index is 0.0836. The summed E-state index contributed by atoms with van der Waals surface area (Å²) in [6.45, 7) is 4.06. The van der Waals surface area contributed by atoms with Gasteiger partial charge in [-0.1, -0.05) is 23.7 Å². The number of carbonyl (C=O) groups excluding carboxylic acids is 2. The molecular weight excluding hydrogens is 466 g/mol. The third-order valence-corrected chi connectivity index (χ3v) is 8.00. The minimum Gasteiger partial charge on any atom is -0.495 e. The Hall–Kier alpha value is -2.62. The normalized spacial score (nSPS) is 16.5. The van der Waals surface area contributed by atoms with Crippen LogP contribution in [0.3, 0.4) is 0 Å². The predicted octanol–water partition coefficient (Wildman–Crippen LogP) is 3.05. The number of benzene rings is 2. The molecule has 0 spiro atoms. The number of anilines is 1. The van der Waals surface area contributed by atoms with Gasteiger partial charge >= 0.3 is 0 Å². The molecule has 1 saturated heterocycles. The van der Waals surface area contributed by atoms with Gasteiger partial charge in [-0.2, -0.15) is 4.31 Å². The van der Waals surface area contributed by atoms with Crippen LogP contribution in [0.15, 0.2) is 47.4 Å². The molecule has 1 N–H and O–H groups in total. The lowest BCUT2D eigenvalue weighted by Crippen LogP contribution is -2.33. The van der Waals surface area contributed by atoms with E-state index in [1.54, 1.807) is 51.2 Å². The molecular formula is C23H28ClN3O5S. The Morgan fingerprint density at radius 2 is 1.91 bits per heavy atom. The van der Waals surface area contributed by atoms with Gasteiger partial charge in [0, 0.05) is 37.6 Å². The van der Waals surface area contributed by atoms with Crippen molar-refractivity contribution in [1.82, 2.24) is 9.62 Å². The van der Waals surface area contributed by atoms with Gasteiger partial charge in [0.1, 0.15) is 5.75 Å². The molecule has 8 nitrogen and oxygen atoms in total. The molecule has 0 aliphatic carbocycles. The monoisotopic (exact) mass is 493 g/mol. The second-order valence-corrected chi connectivity index (χ2v) is 10.6. The largest absolute Gasteiger partial charge is 0.495 e. The Bertz CT molecular complexity index is 1140. The van der Waals surface area contributed by atoms with Crippen molar-refractivity contribution in [2.45, 2.75) is 37.8 Å². The van der Waals surface area contributed by atoms with E-state index in [0.717, 1.165) is 5.56 Å². The zero-order valence-electron chi connectivity index (χ0n) is 19.0. The highest BCUT2D eigenvalue weighted by atomic mass is 35.5. The maximum Gasteiger partial charge on any atom is 0.243 e. The summed E-state index contributed by atoms with van der Waals surface area (Å²) in [5, 5.41) is 3.31. The third kappa shape index (κ3) is 5.48. The zero-order chi connectivity index (χ0) is 24.3. The van der Waals surface area contributed by atoms with E-state index in [2.05, 4.69) is 5.32 Å². The van der Waals surface area contributed by atoms with Crippen LogP contribution in [0, 0.1) is 5.92 Å². The summed E-state index contributed by atoms with van der Waals surface area (Å²) in [7, 11) is -0.514. The number of amides is 2. The molecule has 1 atom stereocenters. The van der Waals surface area contributed by atoms with Crippen LogP contribution < -0.4 is 15.0 Å². The fourth-order valence-corrected chi connectivity index (χ4v) is 5.08. The number of halogens is 1. The van der Waals surface area contributed by atoms with Crippen molar-refractivity contribution in [3.8, 4) is 5.75 Å². The molecule has 2 aromatic rings. The highest BCUT2D eigenvalue weighted by Gasteiger charge is 2.36. The highest BCUT2D eigenvalue weighted by Crippen LogP contribution is 2.35. The Labute approximate surface area is 199 Å². The van der Waals surface area contributed by atoms with Crippen molar-refractivity contribution in [2.24, 2.45) is 5.92 Å². The molecule has 10 heteroatoms. The Balaban J connectivity index is 1.63. The van der Waals surface area contributed by atoms with Gasteiger partial charge in [0.05, 0.1) is 23.6 Å². The lowest BCUT2D eigenvalue weighted by molar-refractivity contribution is -0.126. The van der Waals surface area contributed by atoms with E-state index in [0.29, 0.717) is 16.5 Å². The third-order valence-electron chi connectivity index (χ3n) is 5.72. The van der Waals surface area contributed by atoms with Crippen molar-refractivity contribution < 1.29 is 22.7 Å². The summed E-state index contributed by atoms with van der Waals surface area (Å²) >= 11 is 6.08. The average molecular weight is 494 g/mol. The summed E-state index contributed by atoms with van der Waals surface area (Å²) in [4.78, 5) is 27.0. The molecule has 2 aromatic carbocycles. The number of rotatable bonds is 8. The first-order valence-electron chi connectivity index (χ1n) is 10.5. The Morgan fingerprint density at radius 1 is 1.24 bits per heavy atom. The molecule has 0 aromatic heterocycles. The molecule has 3 rings (SSSR count). The number of methoxy groups -OCH3 is 1. The molecule has 178 valence electrons. The summed E-state index contributed by atoms with van der Waals surface area (Å²) in [5.41, 5.74) is 1.29. The van der Waals surface area contributed by atoms with Crippen molar-refractivity contribution in [1.29, 1.82) is 0 Å². The van der Waals surface area contributed by atoms with E-state index in [1.165, 1.54) is 28.4 Å². The Morgan fingerprint density at radius 3 is 2.52 bits per heavy atom. The molecule has 1 aliphatic rings. The Kier molecular flexibility index (Phi) is 7.66. The van der Waals surface area contributed by atoms with Crippen molar-refractivity contribution >= 4 is 39.1 Å². The summed E-state index contributed by atoms with van der Waals surface area (Å²) in [6.07, 6.45) is 0.0836. The first kappa shape index (κ1) is 25.0. The fourth-order valence-electron chi connectivity index (χ4n) is 3.55. The maximum absolute atomic E-state index is 12.7. The molecule has 0 saturated carbocycles. The smallest absolute Gasteiger partial charge is 0.243 e. The van der Waals surface area contributed by atoms with E-state index in [9.17, 15) is 18.0 Å². The first-order chi connectivity index (χ1) is 15.5. The van der Waals surface area contributed by atoms with Crippen molar-refractivity contribution in [2.75, 3.05) is 25.6 Å². The maximum atomic E-state index is 12.7. The number of sulfonamides is 1. The van der Waals surface area contributed by atoms with Gasteiger partial charge in [-0.3, -0.25) is 9.59 Å². The van der Waals surface area contributed by atoms with Crippen LogP contribution in [0.4, 0.5) is 5.69 Å². The highest BCUT2D eigenvalue weighted by molar-refractivity contribution is 7.89. The van der Waals surface area contributed by atoms with Gasteiger partial charge in [0.2, 0.25) is 21.8 Å². The molecule has 2 amide bonds. The molecule has 0 bridgehead atoms. The molecule has 1 aliphatic heterocycles. The first-order valence-corrected chi connectivity index (χ1v) is 12.3. The topological polar surface area (TPSA) is 96.0 Å². The van der Waals surface area contributed by atoms with Crippen molar-refractivity contribution in [3.05, 3.63) is 53.1 Å². The average Bonchev–Trinajstić information content (AvgIpc) is 3.18. The number of ether oxygens (including phenoxy) is 1. The van der Waals surface area contributed by atoms with Crippen LogP contribution in [0.2, 0.25) is 5.02 Å². The molecule has 1 unspecified atom stereocenters. The summed E-state index contributed by atoms with van der Waals surface area (Å²) in [6, 6.07) is 11.2. The van der Waals surface area contributed by atoms with E-state index in [4.69, 9.17) is 16.3 Å². The molecule has 33 heavy (non-hydrogen) atoms. The summed E-state index contributed by atoms with van der Waals surface area (Å²) < 4.78 is 31.8. The van der Waals surface area contributed by atoms with E-state index in [1.807, 2.05) is 0 Å². The number of hydrogen-bond donors (Lipinski definition) is 1. The molecule has 0 radical (unpaired) electrons. The number of nitrogens with zero attached hydrogens (tertiary/aromatic N) is 2. The van der Waals surface area contributed by atoms with Gasteiger partial charge in [-0.05, 0) is 49.7 Å². The van der Waals surface area contributed by atoms with Crippen LogP contribution in [-0.2, 0) is 26.2 Å². The van der Waals surface area contributed by atoms with Crippen LogP contribution in [0.1, 0.15) is 25.8 Å². The minimum atomic E-state index is -3.56. The van der Waals surface area contributed by atoms with Gasteiger partial charge < -0.3 is 15.0 Å². The van der Waals surface area contributed by atoms with Crippen LogP contribution in [0.25, 0.3) is 0 Å². The van der Waals surface area contributed by atoms with E-state index >= 15 is 0 Å². The van der Waals surface area contributed by atoms with E-state index < -0.39 is 15.9 Å². The van der Waals surface area contributed by atoms with Gasteiger partial charge in [-0.15, -0.1) is 0 Å². The second kappa shape index (κ2) is 10.1. The van der Waals surface area contributed by atoms with Crippen LogP contribution in [0.5, 0.6) is 5.75 Å². The standard InChI is InChI=1S/C23H28ClN3O5S/c1-15(2)26(3)33(30,31)19-8-5-16(6-9-19)13-25-23(29)17-11-22(28)27(14-17)20-12-18(24)7-10-21(20)32-4/h5-10,12,15,17H,11,13-14H2,1-4H3,(H,25,29). The lowest BCUT2D eigenvalue weighted by atomic mass is 10.1. The quantitative estimate of drug-likeness (QED) is 0.609. The number of hydrogen-bond acceptors (Lipinski definition) is 5.